The second kappa shape index (κ2) is 3.07. The molecule has 0 amide bonds. The zero-order valence-corrected chi connectivity index (χ0v) is 6.62. The van der Waals surface area contributed by atoms with Crippen LogP contribution < -0.4 is 14.9 Å². The summed E-state index contributed by atoms with van der Waals surface area (Å²) in [5.41, 5.74) is 0.784. The Morgan fingerprint density at radius 3 is 2.92 bits per heavy atom. The van der Waals surface area contributed by atoms with Crippen molar-refractivity contribution in [3.63, 3.8) is 0 Å². The molecule has 4 heteroatoms. The van der Waals surface area contributed by atoms with Crippen molar-refractivity contribution in [3.8, 4) is 11.5 Å². The monoisotopic (exact) mass is 164 g/mol. The molecule has 2 rings (SSSR count). The molecule has 0 saturated carbocycles. The zero-order chi connectivity index (χ0) is 8.39. The number of para-hydroxylation sites is 1. The summed E-state index contributed by atoms with van der Waals surface area (Å²) in [6.07, 6.45) is 0. The highest BCUT2D eigenvalue weighted by molar-refractivity contribution is 6.47. The topological polar surface area (TPSA) is 38.7 Å². The Kier molecular flexibility index (Phi) is 1.92. The highest BCUT2D eigenvalue weighted by atomic mass is 16.6. The van der Waals surface area contributed by atoms with E-state index in [0.717, 1.165) is 11.2 Å². The van der Waals surface area contributed by atoms with Gasteiger partial charge < -0.3 is 14.5 Å². The van der Waals surface area contributed by atoms with E-state index < -0.39 is 0 Å². The van der Waals surface area contributed by atoms with Gasteiger partial charge in [0.25, 0.3) is 0 Å². The van der Waals surface area contributed by atoms with Gasteiger partial charge in [0.1, 0.15) is 13.2 Å². The average molecular weight is 164 g/mol. The lowest BCUT2D eigenvalue weighted by atomic mass is 9.87. The Morgan fingerprint density at radius 2 is 2.08 bits per heavy atom. The molecule has 0 spiro atoms. The largest absolute Gasteiger partial charge is 0.487 e. The molecule has 1 aromatic carbocycles. The molecule has 0 aromatic heterocycles. The van der Waals surface area contributed by atoms with Gasteiger partial charge in [-0.3, -0.25) is 0 Å². The van der Waals surface area contributed by atoms with Crippen LogP contribution in [0.5, 0.6) is 11.5 Å². The Bertz CT molecular complexity index is 273. The lowest BCUT2D eigenvalue weighted by molar-refractivity contribution is 0.173. The van der Waals surface area contributed by atoms with E-state index in [1.807, 2.05) is 18.2 Å². The van der Waals surface area contributed by atoms with Crippen molar-refractivity contribution in [2.24, 2.45) is 0 Å². The second-order valence-corrected chi connectivity index (χ2v) is 2.60. The van der Waals surface area contributed by atoms with Crippen LogP contribution in [0.25, 0.3) is 0 Å². The van der Waals surface area contributed by atoms with Crippen LogP contribution in [0.2, 0.25) is 0 Å². The van der Waals surface area contributed by atoms with E-state index in [2.05, 4.69) is 0 Å². The molecule has 0 fully saturated rings. The van der Waals surface area contributed by atoms with Crippen LogP contribution in [0.3, 0.4) is 0 Å². The van der Waals surface area contributed by atoms with E-state index in [9.17, 15) is 0 Å². The fourth-order valence-corrected chi connectivity index (χ4v) is 1.26. The Hall–Kier alpha value is -1.16. The average Bonchev–Trinajstić information content (AvgIpc) is 2.17. The van der Waals surface area contributed by atoms with Crippen LogP contribution in [0.4, 0.5) is 0 Å². The first-order valence-corrected chi connectivity index (χ1v) is 3.90. The van der Waals surface area contributed by atoms with E-state index in [4.69, 9.17) is 14.5 Å². The molecule has 62 valence electrons. The summed E-state index contributed by atoms with van der Waals surface area (Å²) in [6.45, 7) is 1.14. The first kappa shape index (κ1) is 7.49. The minimum Gasteiger partial charge on any atom is -0.487 e. The maximum atomic E-state index is 8.96. The van der Waals surface area contributed by atoms with Gasteiger partial charge in [-0.2, -0.15) is 0 Å². The van der Waals surface area contributed by atoms with E-state index in [-0.39, 0.29) is 7.48 Å². The lowest BCUT2D eigenvalue weighted by Crippen LogP contribution is -2.24. The van der Waals surface area contributed by atoms with Gasteiger partial charge in [-0.15, -0.1) is 0 Å². The molecule has 0 atom stereocenters. The Labute approximate surface area is 71.2 Å². The van der Waals surface area contributed by atoms with Crippen LogP contribution >= 0.6 is 0 Å². The molecule has 1 aliphatic rings. The summed E-state index contributed by atoms with van der Waals surface area (Å²) in [5, 5.41) is 8.96. The number of hydrogen-bond donors (Lipinski definition) is 1. The molecule has 1 aliphatic heterocycles. The second-order valence-electron chi connectivity index (χ2n) is 2.60. The van der Waals surface area contributed by atoms with Gasteiger partial charge in [0.05, 0.1) is 0 Å². The minimum atomic E-state index is -0.00741. The van der Waals surface area contributed by atoms with Crippen molar-refractivity contribution < 1.29 is 14.5 Å². The van der Waals surface area contributed by atoms with Crippen molar-refractivity contribution in [2.75, 3.05) is 13.2 Å². The number of hydrogen-bond acceptors (Lipinski definition) is 3. The summed E-state index contributed by atoms with van der Waals surface area (Å²) in [5.74, 6) is 1.42. The van der Waals surface area contributed by atoms with Crippen molar-refractivity contribution in [1.82, 2.24) is 0 Å². The molecule has 1 heterocycles. The van der Waals surface area contributed by atoms with Crippen LogP contribution in [-0.2, 0) is 0 Å². The van der Waals surface area contributed by atoms with Gasteiger partial charge in [-0.25, -0.2) is 0 Å². The predicted octanol–water partition coefficient (Wildman–Crippen LogP) is -0.573. The molecule has 12 heavy (non-hydrogen) atoms. The molecular weight excluding hydrogens is 155 g/mol. The molecule has 3 nitrogen and oxygen atoms in total. The van der Waals surface area contributed by atoms with Gasteiger partial charge >= 0.3 is 7.48 Å². The lowest BCUT2D eigenvalue weighted by Gasteiger charge is -2.19. The van der Waals surface area contributed by atoms with E-state index >= 15 is 0 Å². The third-order valence-corrected chi connectivity index (χ3v) is 1.82. The normalized spacial score (nSPS) is 14.1. The van der Waals surface area contributed by atoms with Crippen molar-refractivity contribution >= 4 is 12.9 Å². The molecule has 0 aliphatic carbocycles. The first-order valence-electron chi connectivity index (χ1n) is 3.90. The smallest absolute Gasteiger partial charge is 0.308 e. The highest BCUT2D eigenvalue weighted by Gasteiger charge is 2.14. The third-order valence-electron chi connectivity index (χ3n) is 1.82. The van der Waals surface area contributed by atoms with E-state index in [1.54, 1.807) is 0 Å². The summed E-state index contributed by atoms with van der Waals surface area (Å²) in [7, 11) is -0.00741. The number of fused-ring (bicyclic) bond motifs is 1. The molecule has 0 unspecified atom stereocenters. The van der Waals surface area contributed by atoms with Crippen molar-refractivity contribution in [3.05, 3.63) is 18.2 Å². The summed E-state index contributed by atoms with van der Waals surface area (Å²) >= 11 is 0. The standard InChI is InChI=1S/C8H9BO3/c10-9-6-2-1-3-7-8(6)12-5-4-11-7/h1-3,9-10H,4-5H2. The maximum Gasteiger partial charge on any atom is 0.308 e. The maximum absolute atomic E-state index is 8.96. The van der Waals surface area contributed by atoms with Gasteiger partial charge in [0.15, 0.2) is 11.5 Å². The fourth-order valence-electron chi connectivity index (χ4n) is 1.26. The van der Waals surface area contributed by atoms with Gasteiger partial charge in [0, 0.05) is 0 Å². The quantitative estimate of drug-likeness (QED) is 0.564. The number of ether oxygens (including phenoxy) is 2. The van der Waals surface area contributed by atoms with Crippen LogP contribution in [0, 0.1) is 0 Å². The van der Waals surface area contributed by atoms with Gasteiger partial charge in [-0.05, 0) is 11.5 Å². The van der Waals surface area contributed by atoms with Crippen LogP contribution in [-0.4, -0.2) is 25.7 Å². The molecule has 1 aromatic rings. The summed E-state index contributed by atoms with van der Waals surface area (Å²) in [4.78, 5) is 0. The molecule has 0 bridgehead atoms. The third kappa shape index (κ3) is 1.14. The number of benzene rings is 1. The van der Waals surface area contributed by atoms with Crippen molar-refractivity contribution in [1.29, 1.82) is 0 Å². The SMILES string of the molecule is OBc1cccc2c1OCCO2. The van der Waals surface area contributed by atoms with E-state index in [0.29, 0.717) is 19.0 Å². The zero-order valence-electron chi connectivity index (χ0n) is 6.62. The molecular formula is C8H9BO3. The van der Waals surface area contributed by atoms with Crippen molar-refractivity contribution in [2.45, 2.75) is 0 Å². The van der Waals surface area contributed by atoms with Gasteiger partial charge in [-0.1, -0.05) is 12.1 Å². The first-order chi connectivity index (χ1) is 5.92. The summed E-state index contributed by atoms with van der Waals surface area (Å²) < 4.78 is 10.7. The van der Waals surface area contributed by atoms with E-state index in [1.165, 1.54) is 0 Å². The highest BCUT2D eigenvalue weighted by Crippen LogP contribution is 2.26. The Morgan fingerprint density at radius 1 is 1.25 bits per heavy atom. The molecule has 1 N–H and O–H groups in total. The molecule has 0 radical (unpaired) electrons. The van der Waals surface area contributed by atoms with Crippen LogP contribution in [0.15, 0.2) is 18.2 Å². The number of rotatable bonds is 1. The molecule has 0 saturated heterocycles. The predicted molar refractivity (Wildman–Crippen MR) is 46.4 cm³/mol. The summed E-state index contributed by atoms with van der Waals surface area (Å²) in [6, 6.07) is 5.51. The Balaban J connectivity index is 2.44. The van der Waals surface area contributed by atoms with Crippen LogP contribution in [0.1, 0.15) is 0 Å². The fraction of sp³-hybridized carbons (Fsp3) is 0.250. The minimum absolute atomic E-state index is 0.00741. The van der Waals surface area contributed by atoms with Gasteiger partial charge in [0.2, 0.25) is 0 Å².